The van der Waals surface area contributed by atoms with Crippen LogP contribution in [0.3, 0.4) is 0 Å². The molecule has 24 nitrogen and oxygen atoms in total. The number of carboxylic acid groups (broad SMARTS) is 1. The van der Waals surface area contributed by atoms with Crippen LogP contribution in [0.5, 0.6) is 0 Å². The van der Waals surface area contributed by atoms with Crippen molar-refractivity contribution >= 4 is 102 Å². The minimum atomic E-state index is -1.79. The first kappa shape index (κ1) is 56.3. The first-order chi connectivity index (χ1) is 31.4. The predicted molar refractivity (Wildman–Crippen MR) is 251 cm³/mol. The third-order valence-electron chi connectivity index (χ3n) is 9.58. The second kappa shape index (κ2) is 30.4. The van der Waals surface area contributed by atoms with Gasteiger partial charge in [-0.2, -0.15) is 25.3 Å². The molecule has 366 valence electrons. The normalized spacial score (nSPS) is 23.8. The SMILES string of the molecule is CNCCCC[C@@H]1NC(=O)CSC[C@@H](C(N)=O)NC(=O)[C@H](Cc2ccccc2)NC(=O)[C@H](CS)NC(=O)[C@H](CC(=O)O)NC(=O)CNC(=O)[C@H](CCCN=C(N)N)NC(=O)[C@H](CS)NC1=O. The molecule has 1 saturated heterocycles. The van der Waals surface area contributed by atoms with Crippen LogP contribution in [-0.4, -0.2) is 162 Å². The van der Waals surface area contributed by atoms with E-state index >= 15 is 0 Å². The monoisotopic (exact) mass is 983 g/mol. The summed E-state index contributed by atoms with van der Waals surface area (Å²) in [7, 11) is 1.75. The number of carboxylic acids is 1. The Morgan fingerprint density at radius 3 is 1.80 bits per heavy atom. The molecule has 16 N–H and O–H groups in total. The number of thiol groups is 2. The van der Waals surface area contributed by atoms with Gasteiger partial charge in [-0.25, -0.2) is 0 Å². The molecule has 1 aromatic carbocycles. The first-order valence-corrected chi connectivity index (χ1v) is 23.2. The van der Waals surface area contributed by atoms with Crippen LogP contribution < -0.4 is 65.1 Å². The smallest absolute Gasteiger partial charge is 0.305 e. The van der Waals surface area contributed by atoms with E-state index in [1.54, 1.807) is 37.4 Å². The number of amides is 9. The number of carbonyl (C=O) groups excluding carboxylic acids is 9. The lowest BCUT2D eigenvalue weighted by atomic mass is 10.0. The van der Waals surface area contributed by atoms with Gasteiger partial charge >= 0.3 is 5.97 Å². The van der Waals surface area contributed by atoms with Gasteiger partial charge in [-0.3, -0.25) is 52.9 Å². The van der Waals surface area contributed by atoms with Crippen LogP contribution >= 0.6 is 37.0 Å². The molecule has 0 spiro atoms. The molecule has 1 aliphatic rings. The van der Waals surface area contributed by atoms with E-state index in [4.69, 9.17) is 17.2 Å². The molecule has 0 aliphatic carbocycles. The largest absolute Gasteiger partial charge is 0.481 e. The molecule has 1 aliphatic heterocycles. The summed E-state index contributed by atoms with van der Waals surface area (Å²) in [6.45, 7) is -0.164. The standard InChI is InChI=1S/C39H61N13O11S3/c1-43-12-6-5-10-23-34(59)50-26(17-64)37(62)48-22(11-7-13-44-39(41)42)33(58)45-16-29(53)47-25(15-31(55)56)36(61)51-27(18-65)38(63)49-24(14-21-8-3-2-4-9-21)35(60)52-28(32(40)57)19-66-20-30(54)46-23/h2-4,8-9,22-28,43,64-65H,5-7,10-20H2,1H3,(H2,40,57)(H,45,58)(H,46,54)(H,47,53)(H,48,62)(H,49,63)(H,50,59)(H,51,61)(H,52,60)(H,55,56)(H4,41,42,44)/t22-,23-,24-,25-,26-,27-,28-/m0/s1. The summed E-state index contributed by atoms with van der Waals surface area (Å²) in [6.07, 6.45) is 0.256. The zero-order chi connectivity index (χ0) is 49.2. The van der Waals surface area contributed by atoms with E-state index in [2.05, 4.69) is 78.1 Å². The number of nitrogens with two attached hydrogens (primary N) is 3. The van der Waals surface area contributed by atoms with Crippen LogP contribution in [0.1, 0.15) is 44.1 Å². The van der Waals surface area contributed by atoms with Crippen molar-refractivity contribution in [3.8, 4) is 0 Å². The van der Waals surface area contributed by atoms with E-state index < -0.39 is 114 Å². The summed E-state index contributed by atoms with van der Waals surface area (Å²) >= 11 is 9.29. The number of hydrogen-bond acceptors (Lipinski definition) is 15. The van der Waals surface area contributed by atoms with Gasteiger partial charge in [-0.05, 0) is 51.3 Å². The molecule has 2 rings (SSSR count). The van der Waals surface area contributed by atoms with E-state index in [1.807, 2.05) is 0 Å². The number of aliphatic carboxylic acids is 1. The molecule has 0 radical (unpaired) electrons. The van der Waals surface area contributed by atoms with Crippen molar-refractivity contribution in [2.24, 2.45) is 22.2 Å². The fourth-order valence-corrected chi connectivity index (χ4v) is 7.50. The molecule has 1 heterocycles. The minimum absolute atomic E-state index is 0.0450. The average Bonchev–Trinajstić information content (AvgIpc) is 3.27. The second-order valence-electron chi connectivity index (χ2n) is 14.9. The van der Waals surface area contributed by atoms with Crippen molar-refractivity contribution in [2.75, 3.05) is 49.7 Å². The Hall–Kier alpha value is -5.80. The summed E-state index contributed by atoms with van der Waals surface area (Å²) in [5.41, 5.74) is 17.0. The lowest BCUT2D eigenvalue weighted by Gasteiger charge is -2.25. The highest BCUT2D eigenvalue weighted by atomic mass is 32.2. The summed E-state index contributed by atoms with van der Waals surface area (Å²) in [4.78, 5) is 136. The maximum atomic E-state index is 13.8. The van der Waals surface area contributed by atoms with Gasteiger partial charge in [0.15, 0.2) is 5.96 Å². The molecule has 0 bridgehead atoms. The lowest BCUT2D eigenvalue weighted by Crippen LogP contribution is -2.60. The number of benzene rings is 1. The molecule has 7 atom stereocenters. The van der Waals surface area contributed by atoms with E-state index in [-0.39, 0.29) is 61.2 Å². The molecule has 66 heavy (non-hydrogen) atoms. The van der Waals surface area contributed by atoms with E-state index in [1.165, 1.54) is 0 Å². The van der Waals surface area contributed by atoms with Crippen molar-refractivity contribution < 1.29 is 53.1 Å². The summed E-state index contributed by atoms with van der Waals surface area (Å²) < 4.78 is 0. The summed E-state index contributed by atoms with van der Waals surface area (Å²) in [5.74, 6) is -11.0. The Balaban J connectivity index is 2.56. The topological polar surface area (TPSA) is 390 Å². The number of rotatable bonds is 16. The summed E-state index contributed by atoms with van der Waals surface area (Å²) in [6, 6.07) is -1.41. The fraction of sp³-hybridized carbons (Fsp3) is 0.564. The van der Waals surface area contributed by atoms with Crippen molar-refractivity contribution in [2.45, 2.75) is 87.2 Å². The van der Waals surface area contributed by atoms with Gasteiger partial charge in [0.05, 0.1) is 18.7 Å². The lowest BCUT2D eigenvalue weighted by molar-refractivity contribution is -0.141. The van der Waals surface area contributed by atoms with E-state index in [9.17, 15) is 53.1 Å². The highest BCUT2D eigenvalue weighted by molar-refractivity contribution is 8.00. The maximum absolute atomic E-state index is 13.8. The Kier molecular flexibility index (Phi) is 26.0. The van der Waals surface area contributed by atoms with Crippen LogP contribution in [0.4, 0.5) is 0 Å². The van der Waals surface area contributed by atoms with Gasteiger partial charge < -0.3 is 70.2 Å². The average molecular weight is 984 g/mol. The number of nitrogens with zero attached hydrogens (tertiary/aromatic N) is 1. The van der Waals surface area contributed by atoms with Crippen molar-refractivity contribution in [3.05, 3.63) is 35.9 Å². The Labute approximate surface area is 396 Å². The third kappa shape index (κ3) is 21.5. The van der Waals surface area contributed by atoms with Crippen LogP contribution in [0, 0.1) is 0 Å². The Bertz CT molecular complexity index is 1880. The number of thioether (sulfide) groups is 1. The summed E-state index contributed by atoms with van der Waals surface area (Å²) in [5, 5.41) is 32.2. The van der Waals surface area contributed by atoms with Crippen molar-refractivity contribution in [3.63, 3.8) is 0 Å². The molecular weight excluding hydrogens is 923 g/mol. The predicted octanol–water partition coefficient (Wildman–Crippen LogP) is -5.25. The van der Waals surface area contributed by atoms with E-state index in [0.29, 0.717) is 24.9 Å². The molecular formula is C39H61N13O11S3. The molecule has 0 saturated carbocycles. The minimum Gasteiger partial charge on any atom is -0.481 e. The number of nitrogens with one attached hydrogen (secondary N) is 9. The Morgan fingerprint density at radius 1 is 0.697 bits per heavy atom. The van der Waals surface area contributed by atoms with Gasteiger partial charge in [0.1, 0.15) is 42.3 Å². The maximum Gasteiger partial charge on any atom is 0.305 e. The highest BCUT2D eigenvalue weighted by Gasteiger charge is 2.33. The van der Waals surface area contributed by atoms with Gasteiger partial charge in [-0.15, -0.1) is 11.8 Å². The van der Waals surface area contributed by atoms with Gasteiger partial charge in [0.25, 0.3) is 0 Å². The first-order valence-electron chi connectivity index (χ1n) is 20.8. The zero-order valence-electron chi connectivity index (χ0n) is 36.3. The fourth-order valence-electron chi connectivity index (χ4n) is 6.12. The number of aliphatic imine (C=N–C) groups is 1. The number of primary amides is 1. The number of guanidine groups is 1. The molecule has 9 amide bonds. The molecule has 0 unspecified atom stereocenters. The third-order valence-corrected chi connectivity index (χ3v) is 11.3. The second-order valence-corrected chi connectivity index (χ2v) is 16.6. The van der Waals surface area contributed by atoms with Crippen LogP contribution in [0.2, 0.25) is 0 Å². The molecule has 0 aromatic heterocycles. The number of unbranched alkanes of at least 4 members (excludes halogenated alkanes) is 1. The van der Waals surface area contributed by atoms with Gasteiger partial charge in [0.2, 0.25) is 53.2 Å². The highest BCUT2D eigenvalue weighted by Crippen LogP contribution is 2.10. The number of hydrogen-bond donors (Lipinski definition) is 15. The number of carbonyl (C=O) groups is 10. The van der Waals surface area contributed by atoms with Crippen LogP contribution in [0.25, 0.3) is 0 Å². The molecule has 1 aromatic rings. The van der Waals surface area contributed by atoms with Crippen molar-refractivity contribution in [1.82, 2.24) is 47.9 Å². The molecule has 1 fully saturated rings. The quantitative estimate of drug-likeness (QED) is 0.0319. The Morgan fingerprint density at radius 2 is 1.23 bits per heavy atom. The van der Waals surface area contributed by atoms with Gasteiger partial charge in [-0.1, -0.05) is 30.3 Å². The van der Waals surface area contributed by atoms with Crippen molar-refractivity contribution in [1.29, 1.82) is 0 Å². The molecule has 27 heteroatoms. The zero-order valence-corrected chi connectivity index (χ0v) is 38.9. The van der Waals surface area contributed by atoms with Crippen LogP contribution in [-0.2, 0) is 54.4 Å². The van der Waals surface area contributed by atoms with E-state index in [0.717, 1.165) is 11.8 Å². The van der Waals surface area contributed by atoms with Crippen LogP contribution in [0.15, 0.2) is 35.3 Å². The van der Waals surface area contributed by atoms with Gasteiger partial charge in [0, 0.05) is 30.2 Å².